The molecular weight excluding hydrogens is 232 g/mol. The molecule has 18 heavy (non-hydrogen) atoms. The van der Waals surface area contributed by atoms with Gasteiger partial charge < -0.3 is 4.74 Å². The fourth-order valence-electron chi connectivity index (χ4n) is 1.87. The van der Waals surface area contributed by atoms with Gasteiger partial charge in [0.05, 0.1) is 18.4 Å². The average molecular weight is 246 g/mol. The second-order valence-corrected chi connectivity index (χ2v) is 4.01. The molecule has 0 spiro atoms. The number of nitrogens with one attached hydrogen (secondary N) is 1. The summed E-state index contributed by atoms with van der Waals surface area (Å²) in [6.07, 6.45) is 0. The maximum absolute atomic E-state index is 12.2. The first-order chi connectivity index (χ1) is 8.56. The van der Waals surface area contributed by atoms with Gasteiger partial charge >= 0.3 is 5.97 Å². The number of carbonyl (C=O) groups excluding carboxylic acids is 2. The highest BCUT2D eigenvalue weighted by Crippen LogP contribution is 2.23. The van der Waals surface area contributed by atoms with Gasteiger partial charge in [0.1, 0.15) is 6.04 Å². The summed E-state index contributed by atoms with van der Waals surface area (Å²) in [5, 5.41) is 1.23. The molecule has 1 heterocycles. The molecule has 5 heteroatoms. The first-order valence-corrected chi connectivity index (χ1v) is 5.52. The number of hydrogen-bond donors (Lipinski definition) is 1. The second-order valence-electron chi connectivity index (χ2n) is 4.01. The predicted octanol–water partition coefficient (Wildman–Crippen LogP) is 1.18. The average Bonchev–Trinajstić information content (AvgIpc) is 2.41. The van der Waals surface area contributed by atoms with E-state index in [1.54, 1.807) is 19.1 Å². The van der Waals surface area contributed by atoms with Gasteiger partial charge in [0.15, 0.2) is 0 Å². The third-order valence-corrected chi connectivity index (χ3v) is 2.89. The zero-order chi connectivity index (χ0) is 13.3. The zero-order valence-electron chi connectivity index (χ0n) is 10.3. The van der Waals surface area contributed by atoms with Crippen molar-refractivity contribution in [2.45, 2.75) is 13.0 Å². The van der Waals surface area contributed by atoms with Gasteiger partial charge in [0, 0.05) is 5.56 Å². The van der Waals surface area contributed by atoms with E-state index >= 15 is 0 Å². The van der Waals surface area contributed by atoms with E-state index in [0.29, 0.717) is 11.3 Å². The van der Waals surface area contributed by atoms with Crippen LogP contribution < -0.4 is 5.43 Å². The van der Waals surface area contributed by atoms with E-state index in [0.717, 1.165) is 5.56 Å². The van der Waals surface area contributed by atoms with Crippen LogP contribution in [-0.2, 0) is 9.53 Å². The summed E-state index contributed by atoms with van der Waals surface area (Å²) in [4.78, 5) is 23.7. The first kappa shape index (κ1) is 12.2. The summed E-state index contributed by atoms with van der Waals surface area (Å²) >= 11 is 0. The molecule has 0 fully saturated rings. The van der Waals surface area contributed by atoms with Crippen molar-refractivity contribution in [2.24, 2.45) is 0 Å². The summed E-state index contributed by atoms with van der Waals surface area (Å²) in [5.74, 6) is -0.751. The summed E-state index contributed by atoms with van der Waals surface area (Å²) in [6.45, 7) is 5.45. The molecule has 1 aliphatic rings. The lowest BCUT2D eigenvalue weighted by atomic mass is 10.0. The van der Waals surface area contributed by atoms with Crippen LogP contribution in [0.3, 0.4) is 0 Å². The molecule has 0 saturated carbocycles. The van der Waals surface area contributed by atoms with E-state index in [-0.39, 0.29) is 5.91 Å². The number of hydrazine groups is 1. The molecule has 0 bridgehead atoms. The van der Waals surface area contributed by atoms with E-state index in [1.165, 1.54) is 12.1 Å². The molecule has 1 unspecified atom stereocenters. The minimum absolute atomic E-state index is 0.268. The summed E-state index contributed by atoms with van der Waals surface area (Å²) < 4.78 is 4.63. The quantitative estimate of drug-likeness (QED) is 0.796. The van der Waals surface area contributed by atoms with Crippen LogP contribution in [0.4, 0.5) is 0 Å². The lowest BCUT2D eigenvalue weighted by Gasteiger charge is -2.34. The number of carbonyl (C=O) groups is 2. The Labute approximate surface area is 105 Å². The fourth-order valence-corrected chi connectivity index (χ4v) is 1.87. The van der Waals surface area contributed by atoms with Crippen LogP contribution in [0.2, 0.25) is 0 Å². The van der Waals surface area contributed by atoms with Crippen LogP contribution in [-0.4, -0.2) is 30.0 Å². The van der Waals surface area contributed by atoms with Crippen molar-refractivity contribution in [2.75, 3.05) is 7.11 Å². The molecule has 0 aliphatic carbocycles. The Balaban J connectivity index is 2.37. The van der Waals surface area contributed by atoms with Crippen molar-refractivity contribution in [1.29, 1.82) is 0 Å². The second kappa shape index (κ2) is 4.52. The Morgan fingerprint density at radius 2 is 2.00 bits per heavy atom. The molecule has 1 aromatic rings. The molecule has 1 amide bonds. The molecule has 0 saturated heterocycles. The SMILES string of the molecule is C=C1NN(C(C)C(=O)OC)C(=O)c2ccccc21. The first-order valence-electron chi connectivity index (χ1n) is 5.52. The van der Waals surface area contributed by atoms with Crippen molar-refractivity contribution >= 4 is 17.6 Å². The summed E-state index contributed by atoms with van der Waals surface area (Å²) in [7, 11) is 1.29. The number of nitrogens with zero attached hydrogens (tertiary/aromatic N) is 1. The zero-order valence-corrected chi connectivity index (χ0v) is 10.3. The van der Waals surface area contributed by atoms with E-state index in [1.807, 2.05) is 12.1 Å². The molecule has 0 aromatic heterocycles. The van der Waals surface area contributed by atoms with Crippen molar-refractivity contribution in [3.8, 4) is 0 Å². The highest BCUT2D eigenvalue weighted by atomic mass is 16.5. The van der Waals surface area contributed by atoms with Crippen molar-refractivity contribution in [1.82, 2.24) is 10.4 Å². The van der Waals surface area contributed by atoms with Crippen molar-refractivity contribution in [3.05, 3.63) is 42.0 Å². The molecule has 1 aromatic carbocycles. The van der Waals surface area contributed by atoms with Crippen LogP contribution in [0.15, 0.2) is 30.8 Å². The normalized spacial score (nSPS) is 15.8. The summed E-state index contributed by atoms with van der Waals surface area (Å²) in [6, 6.07) is 6.41. The standard InChI is InChI=1S/C13H14N2O3/c1-8-10-6-4-5-7-11(10)12(16)15(14-8)9(2)13(17)18-3/h4-7,9,14H,1H2,2-3H3. The number of fused-ring (bicyclic) bond motifs is 1. The molecule has 1 aliphatic heterocycles. The highest BCUT2D eigenvalue weighted by molar-refractivity contribution is 6.03. The minimum atomic E-state index is -0.715. The predicted molar refractivity (Wildman–Crippen MR) is 66.3 cm³/mol. The molecule has 0 radical (unpaired) electrons. The number of benzene rings is 1. The van der Waals surface area contributed by atoms with Crippen LogP contribution in [0.1, 0.15) is 22.8 Å². The van der Waals surface area contributed by atoms with Gasteiger partial charge in [-0.05, 0) is 13.0 Å². The Bertz CT molecular complexity index is 525. The largest absolute Gasteiger partial charge is 0.467 e. The number of rotatable bonds is 2. The molecule has 2 rings (SSSR count). The number of amides is 1. The molecule has 1 N–H and O–H groups in total. The van der Waals surface area contributed by atoms with Crippen LogP contribution in [0.5, 0.6) is 0 Å². The Hall–Kier alpha value is -2.30. The smallest absolute Gasteiger partial charge is 0.330 e. The molecule has 94 valence electrons. The number of ether oxygens (including phenoxy) is 1. The van der Waals surface area contributed by atoms with Gasteiger partial charge in [-0.1, -0.05) is 24.8 Å². The van der Waals surface area contributed by atoms with E-state index in [2.05, 4.69) is 16.7 Å². The lowest BCUT2D eigenvalue weighted by Crippen LogP contribution is -2.53. The van der Waals surface area contributed by atoms with Crippen molar-refractivity contribution < 1.29 is 14.3 Å². The van der Waals surface area contributed by atoms with Gasteiger partial charge in [-0.15, -0.1) is 0 Å². The van der Waals surface area contributed by atoms with E-state index in [9.17, 15) is 9.59 Å². The van der Waals surface area contributed by atoms with Gasteiger partial charge in [-0.2, -0.15) is 0 Å². The maximum atomic E-state index is 12.2. The number of esters is 1. The topological polar surface area (TPSA) is 58.6 Å². The maximum Gasteiger partial charge on any atom is 0.330 e. The third-order valence-electron chi connectivity index (χ3n) is 2.89. The Kier molecular flexibility index (Phi) is 3.06. The number of hydrogen-bond acceptors (Lipinski definition) is 4. The van der Waals surface area contributed by atoms with Gasteiger partial charge in [0.2, 0.25) is 0 Å². The number of methoxy groups -OCH3 is 1. The third kappa shape index (κ3) is 1.84. The summed E-state index contributed by atoms with van der Waals surface area (Å²) in [5.41, 5.74) is 4.68. The highest BCUT2D eigenvalue weighted by Gasteiger charge is 2.33. The Morgan fingerprint density at radius 3 is 2.61 bits per heavy atom. The van der Waals surface area contributed by atoms with Crippen LogP contribution in [0.25, 0.3) is 5.70 Å². The lowest BCUT2D eigenvalue weighted by molar-refractivity contribution is -0.146. The van der Waals surface area contributed by atoms with Crippen molar-refractivity contribution in [3.63, 3.8) is 0 Å². The van der Waals surface area contributed by atoms with Crippen LogP contribution in [0, 0.1) is 0 Å². The monoisotopic (exact) mass is 246 g/mol. The molecular formula is C13H14N2O3. The molecule has 1 atom stereocenters. The van der Waals surface area contributed by atoms with Gasteiger partial charge in [-0.25, -0.2) is 9.80 Å². The van der Waals surface area contributed by atoms with E-state index in [4.69, 9.17) is 0 Å². The minimum Gasteiger partial charge on any atom is -0.467 e. The van der Waals surface area contributed by atoms with E-state index < -0.39 is 12.0 Å². The van der Waals surface area contributed by atoms with Crippen LogP contribution >= 0.6 is 0 Å². The molecule has 5 nitrogen and oxygen atoms in total. The van der Waals surface area contributed by atoms with Gasteiger partial charge in [-0.3, -0.25) is 10.2 Å². The fraction of sp³-hybridized carbons (Fsp3) is 0.231. The van der Waals surface area contributed by atoms with Gasteiger partial charge in [0.25, 0.3) is 5.91 Å². The Morgan fingerprint density at radius 1 is 1.39 bits per heavy atom.